The van der Waals surface area contributed by atoms with E-state index in [1.807, 2.05) is 18.8 Å². The van der Waals surface area contributed by atoms with Crippen LogP contribution in [0.2, 0.25) is 0 Å². The molecule has 0 saturated heterocycles. The van der Waals surface area contributed by atoms with E-state index >= 15 is 0 Å². The van der Waals surface area contributed by atoms with Crippen LogP contribution in [0.5, 0.6) is 0 Å². The van der Waals surface area contributed by atoms with Crippen molar-refractivity contribution in [3.8, 4) is 0 Å². The topological polar surface area (TPSA) is 32.3 Å². The second-order valence-corrected chi connectivity index (χ2v) is 5.98. The molecule has 1 atom stereocenters. The number of hydrogen-bond donors (Lipinski definition) is 2. The molecule has 3 heteroatoms. The Hall–Kier alpha value is -0.510. The van der Waals surface area contributed by atoms with Crippen molar-refractivity contribution < 1.29 is 5.11 Å². The van der Waals surface area contributed by atoms with Crippen LogP contribution in [0.3, 0.4) is 0 Å². The van der Waals surface area contributed by atoms with Crippen molar-refractivity contribution in [2.45, 2.75) is 43.5 Å². The molecule has 0 radical (unpaired) electrons. The molecule has 2 N–H and O–H groups in total. The zero-order chi connectivity index (χ0) is 13.4. The summed E-state index contributed by atoms with van der Waals surface area (Å²) in [6, 6.07) is 8.66. The van der Waals surface area contributed by atoms with Gasteiger partial charge in [-0.05, 0) is 51.1 Å². The zero-order valence-corrected chi connectivity index (χ0v) is 12.5. The molecular formula is C15H25NOS. The van der Waals surface area contributed by atoms with Gasteiger partial charge in [0.05, 0.1) is 6.61 Å². The fourth-order valence-electron chi connectivity index (χ4n) is 1.98. The quantitative estimate of drug-likeness (QED) is 0.560. The van der Waals surface area contributed by atoms with Gasteiger partial charge in [-0.2, -0.15) is 0 Å². The monoisotopic (exact) mass is 267 g/mol. The summed E-state index contributed by atoms with van der Waals surface area (Å²) < 4.78 is 0. The predicted molar refractivity (Wildman–Crippen MR) is 80.3 cm³/mol. The van der Waals surface area contributed by atoms with Gasteiger partial charge < -0.3 is 10.4 Å². The summed E-state index contributed by atoms with van der Waals surface area (Å²) in [5.74, 6) is 1.10. The van der Waals surface area contributed by atoms with Gasteiger partial charge in [-0.25, -0.2) is 0 Å². The molecule has 0 fully saturated rings. The Morgan fingerprint density at radius 1 is 1.28 bits per heavy atom. The smallest absolute Gasteiger partial charge is 0.0613 e. The van der Waals surface area contributed by atoms with E-state index in [1.165, 1.54) is 10.5 Å². The third kappa shape index (κ3) is 4.63. The molecule has 2 nitrogen and oxygen atoms in total. The number of rotatable bonds is 8. The van der Waals surface area contributed by atoms with Crippen molar-refractivity contribution in [1.82, 2.24) is 5.32 Å². The maximum Gasteiger partial charge on any atom is 0.0613 e. The standard InChI is InChI=1S/C15H25NOS/c1-4-15(12-17,16-3)10-5-11-18-14-8-6-13(2)7-9-14/h6-9,16-17H,4-5,10-12H2,1-3H3. The number of hydrogen-bond acceptors (Lipinski definition) is 3. The van der Waals surface area contributed by atoms with Crippen LogP contribution in [0.4, 0.5) is 0 Å². The minimum Gasteiger partial charge on any atom is -0.394 e. The maximum atomic E-state index is 9.45. The molecule has 0 heterocycles. The fraction of sp³-hybridized carbons (Fsp3) is 0.600. The van der Waals surface area contributed by atoms with Crippen LogP contribution < -0.4 is 5.32 Å². The predicted octanol–water partition coefficient (Wildman–Crippen LogP) is 3.23. The van der Waals surface area contributed by atoms with E-state index < -0.39 is 0 Å². The van der Waals surface area contributed by atoms with E-state index in [9.17, 15) is 5.11 Å². The lowest BCUT2D eigenvalue weighted by atomic mass is 9.92. The van der Waals surface area contributed by atoms with E-state index in [0.29, 0.717) is 0 Å². The molecule has 1 aromatic rings. The number of thioether (sulfide) groups is 1. The number of aliphatic hydroxyl groups excluding tert-OH is 1. The molecule has 18 heavy (non-hydrogen) atoms. The Kier molecular flexibility index (Phi) is 6.76. The molecule has 102 valence electrons. The molecule has 0 spiro atoms. The minimum atomic E-state index is -0.0894. The molecule has 1 unspecified atom stereocenters. The van der Waals surface area contributed by atoms with Gasteiger partial charge in [0.25, 0.3) is 0 Å². The minimum absolute atomic E-state index is 0.0894. The summed E-state index contributed by atoms with van der Waals surface area (Å²) in [4.78, 5) is 1.33. The van der Waals surface area contributed by atoms with E-state index in [-0.39, 0.29) is 12.1 Å². The van der Waals surface area contributed by atoms with Crippen molar-refractivity contribution in [2.24, 2.45) is 0 Å². The SMILES string of the molecule is CCC(CO)(CCCSc1ccc(C)cc1)NC. The van der Waals surface area contributed by atoms with Crippen LogP contribution in [-0.4, -0.2) is 30.1 Å². The highest BCUT2D eigenvalue weighted by molar-refractivity contribution is 7.99. The van der Waals surface area contributed by atoms with E-state index in [4.69, 9.17) is 0 Å². The van der Waals surface area contributed by atoms with Crippen molar-refractivity contribution in [1.29, 1.82) is 0 Å². The van der Waals surface area contributed by atoms with E-state index in [0.717, 1.165) is 25.0 Å². The summed E-state index contributed by atoms with van der Waals surface area (Å²) in [5.41, 5.74) is 1.22. The molecular weight excluding hydrogens is 242 g/mol. The van der Waals surface area contributed by atoms with Crippen LogP contribution in [0, 0.1) is 6.92 Å². The molecule has 0 aliphatic carbocycles. The third-order valence-corrected chi connectivity index (χ3v) is 4.70. The first-order valence-corrected chi connectivity index (χ1v) is 7.63. The third-order valence-electron chi connectivity index (χ3n) is 3.60. The summed E-state index contributed by atoms with van der Waals surface area (Å²) in [5, 5.41) is 12.7. The molecule has 0 aromatic heterocycles. The summed E-state index contributed by atoms with van der Waals surface area (Å²) in [6.45, 7) is 4.45. The Morgan fingerprint density at radius 3 is 2.44 bits per heavy atom. The fourth-order valence-corrected chi connectivity index (χ4v) is 2.84. The van der Waals surface area contributed by atoms with Crippen LogP contribution in [0.15, 0.2) is 29.2 Å². The first-order valence-electron chi connectivity index (χ1n) is 6.65. The lowest BCUT2D eigenvalue weighted by Crippen LogP contribution is -2.45. The van der Waals surface area contributed by atoms with Crippen LogP contribution in [-0.2, 0) is 0 Å². The Balaban J connectivity index is 2.31. The first kappa shape index (κ1) is 15.5. The molecule has 0 bridgehead atoms. The second-order valence-electron chi connectivity index (χ2n) is 4.81. The Labute approximate surface area is 115 Å². The van der Waals surface area contributed by atoms with Gasteiger partial charge in [-0.3, -0.25) is 0 Å². The van der Waals surface area contributed by atoms with Gasteiger partial charge >= 0.3 is 0 Å². The normalized spacial score (nSPS) is 14.4. The van der Waals surface area contributed by atoms with Gasteiger partial charge in [0, 0.05) is 10.4 Å². The molecule has 1 aromatic carbocycles. The van der Waals surface area contributed by atoms with Gasteiger partial charge in [0.1, 0.15) is 0 Å². The highest BCUT2D eigenvalue weighted by Gasteiger charge is 2.23. The maximum absolute atomic E-state index is 9.45. The van der Waals surface area contributed by atoms with Crippen LogP contribution in [0.25, 0.3) is 0 Å². The average molecular weight is 267 g/mol. The number of aryl methyl sites for hydroxylation is 1. The number of likely N-dealkylation sites (N-methyl/N-ethyl adjacent to an activating group) is 1. The number of benzene rings is 1. The van der Waals surface area contributed by atoms with Gasteiger partial charge in [0.2, 0.25) is 0 Å². The van der Waals surface area contributed by atoms with Gasteiger partial charge in [-0.1, -0.05) is 24.6 Å². The van der Waals surface area contributed by atoms with Gasteiger partial charge in [-0.15, -0.1) is 11.8 Å². The molecule has 1 rings (SSSR count). The largest absolute Gasteiger partial charge is 0.394 e. The van der Waals surface area contributed by atoms with Crippen LogP contribution in [0.1, 0.15) is 31.7 Å². The van der Waals surface area contributed by atoms with Crippen molar-refractivity contribution in [2.75, 3.05) is 19.4 Å². The van der Waals surface area contributed by atoms with E-state index in [1.54, 1.807) is 0 Å². The second kappa shape index (κ2) is 7.82. The van der Waals surface area contributed by atoms with Crippen molar-refractivity contribution in [3.05, 3.63) is 29.8 Å². The molecule has 0 amide bonds. The summed E-state index contributed by atoms with van der Waals surface area (Å²) >= 11 is 1.89. The Bertz CT molecular complexity index is 325. The highest BCUT2D eigenvalue weighted by Crippen LogP contribution is 2.23. The molecule has 0 saturated carbocycles. The zero-order valence-electron chi connectivity index (χ0n) is 11.7. The lowest BCUT2D eigenvalue weighted by Gasteiger charge is -2.30. The lowest BCUT2D eigenvalue weighted by molar-refractivity contribution is 0.154. The summed E-state index contributed by atoms with van der Waals surface area (Å²) in [6.07, 6.45) is 3.11. The average Bonchev–Trinajstić information content (AvgIpc) is 2.42. The number of aliphatic hydroxyl groups is 1. The highest BCUT2D eigenvalue weighted by atomic mass is 32.2. The summed E-state index contributed by atoms with van der Waals surface area (Å²) in [7, 11) is 1.94. The number of nitrogens with one attached hydrogen (secondary N) is 1. The van der Waals surface area contributed by atoms with Crippen molar-refractivity contribution in [3.63, 3.8) is 0 Å². The molecule has 0 aliphatic heterocycles. The van der Waals surface area contributed by atoms with Crippen molar-refractivity contribution >= 4 is 11.8 Å². The van der Waals surface area contributed by atoms with E-state index in [2.05, 4.69) is 43.4 Å². The molecule has 0 aliphatic rings. The Morgan fingerprint density at radius 2 is 1.94 bits per heavy atom. The van der Waals surface area contributed by atoms with Crippen LogP contribution >= 0.6 is 11.8 Å². The van der Waals surface area contributed by atoms with Gasteiger partial charge in [0.15, 0.2) is 0 Å². The first-order chi connectivity index (χ1) is 8.65.